The van der Waals surface area contributed by atoms with Gasteiger partial charge in [-0.25, -0.2) is 0 Å². The third-order valence-corrected chi connectivity index (χ3v) is 3.85. The van der Waals surface area contributed by atoms with Gasteiger partial charge in [-0.2, -0.15) is 0 Å². The third-order valence-electron chi connectivity index (χ3n) is 3.85. The topological polar surface area (TPSA) is 86.3 Å². The monoisotopic (exact) mass is 335 g/mol. The molecule has 0 aromatic carbocycles. The second kappa shape index (κ2) is 10.8. The number of carbonyl (C=O) groups excluding carboxylic acids is 1. The van der Waals surface area contributed by atoms with E-state index in [0.29, 0.717) is 30.4 Å². The summed E-state index contributed by atoms with van der Waals surface area (Å²) in [6, 6.07) is 0.169. The molecule has 24 heavy (non-hydrogen) atoms. The average Bonchev–Trinajstić information content (AvgIpc) is 2.57. The van der Waals surface area contributed by atoms with Crippen molar-refractivity contribution < 1.29 is 14.3 Å². The van der Waals surface area contributed by atoms with Crippen molar-refractivity contribution in [2.24, 2.45) is 15.7 Å². The van der Waals surface area contributed by atoms with Gasteiger partial charge in [0.15, 0.2) is 0 Å². The van der Waals surface area contributed by atoms with Gasteiger partial charge in [-0.05, 0) is 38.7 Å². The first-order valence-electron chi connectivity index (χ1n) is 8.36. The van der Waals surface area contributed by atoms with Gasteiger partial charge < -0.3 is 15.2 Å². The molecular weight excluding hydrogens is 306 g/mol. The van der Waals surface area contributed by atoms with Crippen molar-refractivity contribution in [2.75, 3.05) is 27.4 Å². The average molecular weight is 335 g/mol. The van der Waals surface area contributed by atoms with Crippen molar-refractivity contribution in [3.05, 3.63) is 23.3 Å². The van der Waals surface area contributed by atoms with E-state index in [1.54, 1.807) is 14.2 Å². The van der Waals surface area contributed by atoms with E-state index in [4.69, 9.17) is 15.2 Å². The van der Waals surface area contributed by atoms with Gasteiger partial charge in [0.1, 0.15) is 0 Å². The van der Waals surface area contributed by atoms with Crippen LogP contribution in [0.5, 0.6) is 0 Å². The summed E-state index contributed by atoms with van der Waals surface area (Å²) in [5, 5.41) is 0. The fourth-order valence-corrected chi connectivity index (χ4v) is 2.46. The Morgan fingerprint density at radius 2 is 2.29 bits per heavy atom. The van der Waals surface area contributed by atoms with Crippen LogP contribution in [0.4, 0.5) is 0 Å². The lowest BCUT2D eigenvalue weighted by Gasteiger charge is -2.17. The first-order chi connectivity index (χ1) is 11.5. The van der Waals surface area contributed by atoms with Crippen molar-refractivity contribution in [2.45, 2.75) is 45.6 Å². The number of allylic oxidation sites excluding steroid dienone is 1. The predicted molar refractivity (Wildman–Crippen MR) is 97.6 cm³/mol. The van der Waals surface area contributed by atoms with E-state index < -0.39 is 5.91 Å². The molecule has 6 heteroatoms. The minimum absolute atomic E-state index is 0.169. The van der Waals surface area contributed by atoms with Crippen LogP contribution in [0.25, 0.3) is 0 Å². The van der Waals surface area contributed by atoms with E-state index in [1.807, 2.05) is 19.1 Å². The van der Waals surface area contributed by atoms with Gasteiger partial charge in [-0.15, -0.1) is 0 Å². The summed E-state index contributed by atoms with van der Waals surface area (Å²) in [5.74, 6) is 0.195. The number of nitrogens with two attached hydrogens (primary N) is 1. The molecule has 1 heterocycles. The van der Waals surface area contributed by atoms with Gasteiger partial charge in [-0.3, -0.25) is 14.8 Å². The number of methoxy groups -OCH3 is 1. The van der Waals surface area contributed by atoms with Crippen LogP contribution in [0.3, 0.4) is 0 Å². The standard InChI is InChI=1S/C18H29N3O3/c1-5-14(11-17(20-3)23-4)7-6-10-24-12-16-15(18(19)22)9-8-13(2)21-16/h9,11,13H,5-8,10,12H2,1-4H3,(H2,19,22). The number of aliphatic imine (C=N–C) groups is 2. The van der Waals surface area contributed by atoms with Crippen LogP contribution < -0.4 is 5.73 Å². The van der Waals surface area contributed by atoms with Crippen LogP contribution in [0.2, 0.25) is 0 Å². The summed E-state index contributed by atoms with van der Waals surface area (Å²) in [6.45, 7) is 5.04. The third kappa shape index (κ3) is 6.66. The van der Waals surface area contributed by atoms with Crippen molar-refractivity contribution in [3.8, 4) is 0 Å². The molecule has 1 rings (SSSR count). The van der Waals surface area contributed by atoms with E-state index in [1.165, 1.54) is 5.57 Å². The Morgan fingerprint density at radius 3 is 2.88 bits per heavy atom. The lowest BCUT2D eigenvalue weighted by Crippen LogP contribution is -2.28. The van der Waals surface area contributed by atoms with E-state index in [2.05, 4.69) is 16.9 Å². The van der Waals surface area contributed by atoms with Crippen LogP contribution in [0.15, 0.2) is 33.3 Å². The SMILES string of the molecule is CCC(=CC(=NC)OC)CCCOCC1=NC(C)CC=C1C(N)=O. The van der Waals surface area contributed by atoms with Gasteiger partial charge in [0, 0.05) is 13.7 Å². The molecule has 6 nitrogen and oxygen atoms in total. The molecule has 0 saturated heterocycles. The molecule has 0 radical (unpaired) electrons. The Hall–Kier alpha value is -1.95. The molecule has 0 aromatic heterocycles. The minimum Gasteiger partial charge on any atom is -0.481 e. The fraction of sp³-hybridized carbons (Fsp3) is 0.611. The Bertz CT molecular complexity index is 548. The summed E-state index contributed by atoms with van der Waals surface area (Å²) < 4.78 is 10.8. The Kier molecular flexibility index (Phi) is 9.01. The first-order valence-corrected chi connectivity index (χ1v) is 8.36. The fourth-order valence-electron chi connectivity index (χ4n) is 2.46. The number of carbonyl (C=O) groups is 1. The maximum atomic E-state index is 11.4. The molecule has 1 aliphatic heterocycles. The second-order valence-corrected chi connectivity index (χ2v) is 5.72. The maximum absolute atomic E-state index is 11.4. The normalized spacial score (nSPS) is 18.9. The zero-order valence-corrected chi connectivity index (χ0v) is 15.2. The minimum atomic E-state index is -0.439. The largest absolute Gasteiger partial charge is 0.481 e. The first kappa shape index (κ1) is 20.1. The highest BCUT2D eigenvalue weighted by Crippen LogP contribution is 2.14. The van der Waals surface area contributed by atoms with Crippen molar-refractivity contribution in [3.63, 3.8) is 0 Å². The molecule has 0 aliphatic carbocycles. The van der Waals surface area contributed by atoms with Crippen LogP contribution in [-0.4, -0.2) is 50.9 Å². The Balaban J connectivity index is 2.42. The molecule has 1 atom stereocenters. The van der Waals surface area contributed by atoms with Gasteiger partial charge in [0.25, 0.3) is 0 Å². The zero-order chi connectivity index (χ0) is 17.9. The van der Waals surface area contributed by atoms with Crippen molar-refractivity contribution in [1.29, 1.82) is 0 Å². The molecule has 1 unspecified atom stereocenters. The number of hydrogen-bond acceptors (Lipinski definition) is 5. The van der Waals surface area contributed by atoms with E-state index in [-0.39, 0.29) is 6.04 Å². The predicted octanol–water partition coefficient (Wildman–Crippen LogP) is 2.44. The summed E-state index contributed by atoms with van der Waals surface area (Å²) in [6.07, 6.45) is 7.32. The number of dihydropyridines is 1. The van der Waals surface area contributed by atoms with Crippen molar-refractivity contribution in [1.82, 2.24) is 0 Å². The Labute approximate surface area is 144 Å². The van der Waals surface area contributed by atoms with Crippen LogP contribution >= 0.6 is 0 Å². The van der Waals surface area contributed by atoms with Crippen LogP contribution in [0.1, 0.15) is 39.5 Å². The summed E-state index contributed by atoms with van der Waals surface area (Å²) in [5.41, 5.74) is 7.81. The number of ether oxygens (including phenoxy) is 2. The molecule has 0 bridgehead atoms. The molecule has 1 aliphatic rings. The Morgan fingerprint density at radius 1 is 1.54 bits per heavy atom. The second-order valence-electron chi connectivity index (χ2n) is 5.72. The molecule has 0 fully saturated rings. The van der Waals surface area contributed by atoms with Gasteiger partial charge in [0.05, 0.1) is 31.0 Å². The molecule has 0 saturated carbocycles. The van der Waals surface area contributed by atoms with Gasteiger partial charge in [0.2, 0.25) is 11.8 Å². The smallest absolute Gasteiger partial charge is 0.250 e. The number of amides is 1. The highest BCUT2D eigenvalue weighted by atomic mass is 16.5. The van der Waals surface area contributed by atoms with Gasteiger partial charge in [-0.1, -0.05) is 18.6 Å². The van der Waals surface area contributed by atoms with E-state index in [0.717, 1.165) is 25.7 Å². The lowest BCUT2D eigenvalue weighted by atomic mass is 10.0. The van der Waals surface area contributed by atoms with Crippen LogP contribution in [0, 0.1) is 0 Å². The molecule has 1 amide bonds. The number of nitrogens with zero attached hydrogens (tertiary/aromatic N) is 2. The summed E-state index contributed by atoms with van der Waals surface area (Å²) >= 11 is 0. The lowest BCUT2D eigenvalue weighted by molar-refractivity contribution is -0.114. The van der Waals surface area contributed by atoms with Gasteiger partial charge >= 0.3 is 0 Å². The summed E-state index contributed by atoms with van der Waals surface area (Å²) in [4.78, 5) is 20.0. The highest BCUT2D eigenvalue weighted by molar-refractivity contribution is 6.22. The van der Waals surface area contributed by atoms with Crippen molar-refractivity contribution >= 4 is 17.5 Å². The molecule has 0 aromatic rings. The molecule has 0 spiro atoms. The molecular formula is C18H29N3O3. The number of rotatable bonds is 9. The molecule has 134 valence electrons. The highest BCUT2D eigenvalue weighted by Gasteiger charge is 2.18. The van der Waals surface area contributed by atoms with Crippen LogP contribution in [-0.2, 0) is 14.3 Å². The quantitative estimate of drug-likeness (QED) is 0.399. The van der Waals surface area contributed by atoms with E-state index in [9.17, 15) is 4.79 Å². The van der Waals surface area contributed by atoms with E-state index >= 15 is 0 Å². The summed E-state index contributed by atoms with van der Waals surface area (Å²) in [7, 11) is 3.33. The zero-order valence-electron chi connectivity index (χ0n) is 15.2. The number of hydrogen-bond donors (Lipinski definition) is 1. The maximum Gasteiger partial charge on any atom is 0.250 e. The number of primary amides is 1. The molecule has 2 N–H and O–H groups in total.